The van der Waals surface area contributed by atoms with Crippen LogP contribution in [0.25, 0.3) is 0 Å². The average molecular weight is 175 g/mol. The number of nitrogens with one attached hydrogen (secondary N) is 1. The van der Waals surface area contributed by atoms with Gasteiger partial charge in [0.2, 0.25) is 0 Å². The van der Waals surface area contributed by atoms with Gasteiger partial charge in [0.15, 0.2) is 0 Å². The van der Waals surface area contributed by atoms with E-state index in [0.29, 0.717) is 6.42 Å². The fourth-order valence-electron chi connectivity index (χ4n) is 0.755. The second-order valence-corrected chi connectivity index (χ2v) is 2.31. The van der Waals surface area contributed by atoms with Crippen molar-refractivity contribution in [3.63, 3.8) is 0 Å². The summed E-state index contributed by atoms with van der Waals surface area (Å²) in [6, 6.07) is 0. The third-order valence-electron chi connectivity index (χ3n) is 1.32. The van der Waals surface area contributed by atoms with Crippen molar-refractivity contribution in [2.75, 3.05) is 13.6 Å². The predicted molar refractivity (Wildman–Crippen MR) is 51.4 cm³/mol. The van der Waals surface area contributed by atoms with E-state index in [9.17, 15) is 4.79 Å². The van der Waals surface area contributed by atoms with Crippen molar-refractivity contribution in [3.05, 3.63) is 0 Å². The molecule has 2 N–H and O–H groups in total. The van der Waals surface area contributed by atoms with Crippen LogP contribution in [0.4, 0.5) is 0 Å². The summed E-state index contributed by atoms with van der Waals surface area (Å²) < 4.78 is 0. The van der Waals surface area contributed by atoms with Crippen molar-refractivity contribution >= 4 is 5.97 Å². The third kappa shape index (κ3) is 16.2. The molecule has 0 saturated carbocycles. The summed E-state index contributed by atoms with van der Waals surface area (Å²) in [4.78, 5) is 10.0. The topological polar surface area (TPSA) is 49.3 Å². The molecule has 74 valence electrons. The van der Waals surface area contributed by atoms with Crippen LogP contribution in [0.15, 0.2) is 0 Å². The Labute approximate surface area is 75.2 Å². The molecule has 0 atom stereocenters. The van der Waals surface area contributed by atoms with Gasteiger partial charge in [0.1, 0.15) is 0 Å². The molecule has 0 amide bonds. The Balaban J connectivity index is 0. The van der Waals surface area contributed by atoms with E-state index in [0.717, 1.165) is 25.8 Å². The van der Waals surface area contributed by atoms with Gasteiger partial charge in [-0.25, -0.2) is 0 Å². The molecule has 0 heterocycles. The first kappa shape index (κ1) is 14.0. The molecule has 0 aliphatic heterocycles. The van der Waals surface area contributed by atoms with Crippen molar-refractivity contribution in [1.29, 1.82) is 0 Å². The van der Waals surface area contributed by atoms with Crippen LogP contribution in [0, 0.1) is 0 Å². The molecule has 0 bridgehead atoms. The van der Waals surface area contributed by atoms with Gasteiger partial charge in [-0.05, 0) is 26.4 Å². The van der Waals surface area contributed by atoms with Crippen LogP contribution in [0.5, 0.6) is 0 Å². The molecule has 0 aromatic rings. The van der Waals surface area contributed by atoms with Gasteiger partial charge in [0, 0.05) is 6.42 Å². The lowest BCUT2D eigenvalue weighted by Gasteiger charge is -1.96. The van der Waals surface area contributed by atoms with E-state index in [1.54, 1.807) is 0 Å². The lowest BCUT2D eigenvalue weighted by Crippen LogP contribution is -2.07. The summed E-state index contributed by atoms with van der Waals surface area (Å²) in [5, 5.41) is 11.3. The van der Waals surface area contributed by atoms with Gasteiger partial charge in [-0.1, -0.05) is 20.3 Å². The van der Waals surface area contributed by atoms with Crippen LogP contribution in [-0.4, -0.2) is 24.7 Å². The quantitative estimate of drug-likeness (QED) is 0.606. The van der Waals surface area contributed by atoms with Crippen LogP contribution in [0.2, 0.25) is 0 Å². The predicted octanol–water partition coefficient (Wildman–Crippen LogP) is 1.88. The van der Waals surface area contributed by atoms with E-state index < -0.39 is 5.97 Å². The average Bonchev–Trinajstić information content (AvgIpc) is 2.07. The minimum atomic E-state index is -0.690. The molecular formula is C9H21NO2. The van der Waals surface area contributed by atoms with Gasteiger partial charge in [-0.15, -0.1) is 0 Å². The summed E-state index contributed by atoms with van der Waals surface area (Å²) in [5.41, 5.74) is 0. The number of unbranched alkanes of at least 4 members (excludes halogenated alkanes) is 2. The van der Waals surface area contributed by atoms with Crippen molar-refractivity contribution < 1.29 is 9.90 Å². The zero-order valence-electron chi connectivity index (χ0n) is 8.39. The van der Waals surface area contributed by atoms with E-state index in [2.05, 4.69) is 5.32 Å². The molecule has 12 heavy (non-hydrogen) atoms. The first-order valence-corrected chi connectivity index (χ1v) is 4.63. The lowest BCUT2D eigenvalue weighted by atomic mass is 10.2. The van der Waals surface area contributed by atoms with Gasteiger partial charge in [0.05, 0.1) is 0 Å². The highest BCUT2D eigenvalue weighted by Gasteiger charge is 1.94. The van der Waals surface area contributed by atoms with E-state index in [4.69, 9.17) is 5.11 Å². The van der Waals surface area contributed by atoms with Gasteiger partial charge in [-0.2, -0.15) is 0 Å². The number of aliphatic carboxylic acids is 1. The summed E-state index contributed by atoms with van der Waals surface area (Å²) in [6.07, 6.45) is 3.19. The third-order valence-corrected chi connectivity index (χ3v) is 1.32. The molecule has 0 fully saturated rings. The van der Waals surface area contributed by atoms with E-state index in [-0.39, 0.29) is 0 Å². The largest absolute Gasteiger partial charge is 0.481 e. The van der Waals surface area contributed by atoms with Gasteiger partial charge in [0.25, 0.3) is 0 Å². The summed E-state index contributed by atoms with van der Waals surface area (Å²) in [6.45, 7) is 4.99. The Kier molecular flexibility index (Phi) is 15.2. The molecule has 0 aromatic heterocycles. The molecule has 0 spiro atoms. The number of rotatable bonds is 6. The maximum atomic E-state index is 10.0. The molecule has 0 aromatic carbocycles. The summed E-state index contributed by atoms with van der Waals surface area (Å²) >= 11 is 0. The number of carboxylic acid groups (broad SMARTS) is 1. The molecule has 0 rings (SSSR count). The minimum Gasteiger partial charge on any atom is -0.481 e. The number of hydrogen-bond acceptors (Lipinski definition) is 2. The zero-order valence-corrected chi connectivity index (χ0v) is 8.39. The van der Waals surface area contributed by atoms with Crippen molar-refractivity contribution in [2.24, 2.45) is 0 Å². The lowest BCUT2D eigenvalue weighted by molar-refractivity contribution is -0.137. The number of carbonyl (C=O) groups is 1. The van der Waals surface area contributed by atoms with Gasteiger partial charge in [-0.3, -0.25) is 4.79 Å². The van der Waals surface area contributed by atoms with Gasteiger partial charge >= 0.3 is 5.97 Å². The Bertz CT molecular complexity index is 94.5. The molecule has 0 aliphatic carbocycles. The smallest absolute Gasteiger partial charge is 0.303 e. The Hall–Kier alpha value is -0.570. The number of hydrogen-bond donors (Lipinski definition) is 2. The van der Waals surface area contributed by atoms with Crippen LogP contribution >= 0.6 is 0 Å². The van der Waals surface area contributed by atoms with Crippen LogP contribution in [0.3, 0.4) is 0 Å². The molecule has 0 radical (unpaired) electrons. The highest BCUT2D eigenvalue weighted by molar-refractivity contribution is 5.66. The van der Waals surface area contributed by atoms with E-state index in [1.807, 2.05) is 20.9 Å². The minimum absolute atomic E-state index is 0.309. The molecular weight excluding hydrogens is 154 g/mol. The first-order valence-electron chi connectivity index (χ1n) is 4.63. The van der Waals surface area contributed by atoms with Crippen LogP contribution < -0.4 is 5.32 Å². The molecule has 0 saturated heterocycles. The standard InChI is InChI=1S/C7H15NO2.C2H6/c1-8-6-4-2-3-5-7(9)10;1-2/h8H,2-6H2,1H3,(H,9,10);1-2H3. The normalized spacial score (nSPS) is 8.58. The van der Waals surface area contributed by atoms with Crippen molar-refractivity contribution in [3.8, 4) is 0 Å². The maximum Gasteiger partial charge on any atom is 0.303 e. The van der Waals surface area contributed by atoms with Crippen molar-refractivity contribution in [1.82, 2.24) is 5.32 Å². The van der Waals surface area contributed by atoms with Gasteiger partial charge < -0.3 is 10.4 Å². The summed E-state index contributed by atoms with van der Waals surface area (Å²) in [5.74, 6) is -0.690. The fraction of sp³-hybridized carbons (Fsp3) is 0.889. The maximum absolute atomic E-state index is 10.0. The van der Waals surface area contributed by atoms with Crippen LogP contribution in [-0.2, 0) is 4.79 Å². The molecule has 3 nitrogen and oxygen atoms in total. The summed E-state index contributed by atoms with van der Waals surface area (Å²) in [7, 11) is 1.90. The SMILES string of the molecule is CC.CNCCCCCC(=O)O. The van der Waals surface area contributed by atoms with Crippen molar-refractivity contribution in [2.45, 2.75) is 39.5 Å². The Morgan fingerprint density at radius 2 is 1.83 bits per heavy atom. The van der Waals surface area contributed by atoms with Crippen LogP contribution in [0.1, 0.15) is 39.5 Å². The fourth-order valence-corrected chi connectivity index (χ4v) is 0.755. The Morgan fingerprint density at radius 3 is 2.25 bits per heavy atom. The second-order valence-electron chi connectivity index (χ2n) is 2.31. The Morgan fingerprint density at radius 1 is 1.25 bits per heavy atom. The monoisotopic (exact) mass is 175 g/mol. The van der Waals surface area contributed by atoms with E-state index in [1.165, 1.54) is 0 Å². The zero-order chi connectivity index (χ0) is 9.82. The molecule has 0 unspecified atom stereocenters. The molecule has 3 heteroatoms. The van der Waals surface area contributed by atoms with E-state index >= 15 is 0 Å². The number of carboxylic acids is 1. The highest BCUT2D eigenvalue weighted by Crippen LogP contribution is 1.97. The highest BCUT2D eigenvalue weighted by atomic mass is 16.4. The first-order chi connectivity index (χ1) is 5.77. The second kappa shape index (κ2) is 13.1. The molecule has 0 aliphatic rings.